The van der Waals surface area contributed by atoms with Crippen molar-refractivity contribution in [3.05, 3.63) is 35.4 Å². The minimum absolute atomic E-state index is 0.00211. The zero-order valence-electron chi connectivity index (χ0n) is 9.12. The summed E-state index contributed by atoms with van der Waals surface area (Å²) >= 11 is 0. The van der Waals surface area contributed by atoms with Crippen molar-refractivity contribution in [1.82, 2.24) is 0 Å². The van der Waals surface area contributed by atoms with Gasteiger partial charge in [0, 0.05) is 11.6 Å². The Morgan fingerprint density at radius 3 is 2.65 bits per heavy atom. The van der Waals surface area contributed by atoms with Crippen molar-refractivity contribution in [1.29, 1.82) is 0 Å². The molecule has 1 unspecified atom stereocenters. The maximum absolute atomic E-state index is 13.5. The highest BCUT2D eigenvalue weighted by Gasteiger charge is 2.29. The molecule has 0 saturated carbocycles. The van der Waals surface area contributed by atoms with Gasteiger partial charge in [-0.25, -0.2) is 18.0 Å². The third kappa shape index (κ3) is 3.20. The van der Waals surface area contributed by atoms with E-state index in [2.05, 4.69) is 4.74 Å². The Balaban J connectivity index is 2.88. The standard InChI is InChI=1S/C11H12F3NO2/c1-2-17-11(16)9(14)10(15)7-4-3-6(12)5-8(7)13/h3-5,9-10H,2,15H2,1H3/t9?,10-/m1/s1. The topological polar surface area (TPSA) is 52.3 Å². The summed E-state index contributed by atoms with van der Waals surface area (Å²) in [4.78, 5) is 11.1. The molecule has 6 heteroatoms. The predicted molar refractivity (Wildman–Crippen MR) is 54.8 cm³/mol. The van der Waals surface area contributed by atoms with E-state index in [9.17, 15) is 18.0 Å². The first-order chi connectivity index (χ1) is 7.97. The third-order valence-corrected chi connectivity index (χ3v) is 2.15. The average Bonchev–Trinajstić information content (AvgIpc) is 2.27. The second-order valence-corrected chi connectivity index (χ2v) is 3.35. The van der Waals surface area contributed by atoms with Crippen molar-refractivity contribution >= 4 is 5.97 Å². The van der Waals surface area contributed by atoms with Gasteiger partial charge >= 0.3 is 5.97 Å². The van der Waals surface area contributed by atoms with E-state index in [1.807, 2.05) is 0 Å². The van der Waals surface area contributed by atoms with Gasteiger partial charge in [0.25, 0.3) is 0 Å². The normalized spacial score (nSPS) is 14.2. The molecular formula is C11H12F3NO2. The van der Waals surface area contributed by atoms with Crippen LogP contribution < -0.4 is 5.73 Å². The molecule has 1 aromatic rings. The average molecular weight is 247 g/mol. The molecule has 1 aromatic carbocycles. The maximum atomic E-state index is 13.5. The van der Waals surface area contributed by atoms with Gasteiger partial charge < -0.3 is 10.5 Å². The number of ether oxygens (including phenoxy) is 1. The Hall–Kier alpha value is -1.56. The molecule has 0 aliphatic carbocycles. The Morgan fingerprint density at radius 1 is 1.47 bits per heavy atom. The van der Waals surface area contributed by atoms with Crippen LogP contribution in [0.4, 0.5) is 13.2 Å². The second kappa shape index (κ2) is 5.67. The molecule has 0 bridgehead atoms. The van der Waals surface area contributed by atoms with Gasteiger partial charge in [-0.2, -0.15) is 0 Å². The fourth-order valence-corrected chi connectivity index (χ4v) is 1.30. The highest BCUT2D eigenvalue weighted by Crippen LogP contribution is 2.21. The number of halogens is 3. The largest absolute Gasteiger partial charge is 0.464 e. The molecule has 0 heterocycles. The number of alkyl halides is 1. The highest BCUT2D eigenvalue weighted by atomic mass is 19.1. The van der Waals surface area contributed by atoms with Crippen LogP contribution in [0.15, 0.2) is 18.2 Å². The summed E-state index contributed by atoms with van der Waals surface area (Å²) < 4.78 is 43.8. The van der Waals surface area contributed by atoms with E-state index in [1.165, 1.54) is 6.92 Å². The zero-order valence-corrected chi connectivity index (χ0v) is 9.12. The van der Waals surface area contributed by atoms with Crippen molar-refractivity contribution in [2.24, 2.45) is 5.73 Å². The highest BCUT2D eigenvalue weighted by molar-refractivity contribution is 5.75. The van der Waals surface area contributed by atoms with Gasteiger partial charge in [0.1, 0.15) is 11.6 Å². The van der Waals surface area contributed by atoms with Crippen molar-refractivity contribution in [2.75, 3.05) is 6.61 Å². The first-order valence-electron chi connectivity index (χ1n) is 4.98. The monoisotopic (exact) mass is 247 g/mol. The van der Waals surface area contributed by atoms with Gasteiger partial charge in [-0.3, -0.25) is 0 Å². The van der Waals surface area contributed by atoms with Gasteiger partial charge in [-0.15, -0.1) is 0 Å². The molecule has 2 atom stereocenters. The summed E-state index contributed by atoms with van der Waals surface area (Å²) in [7, 11) is 0. The Labute approximate surface area is 96.4 Å². The molecule has 0 radical (unpaired) electrons. The van der Waals surface area contributed by atoms with E-state index in [4.69, 9.17) is 5.73 Å². The number of benzene rings is 1. The van der Waals surface area contributed by atoms with Crippen LogP contribution in [0.25, 0.3) is 0 Å². The van der Waals surface area contributed by atoms with E-state index in [-0.39, 0.29) is 12.2 Å². The maximum Gasteiger partial charge on any atom is 0.342 e. The molecule has 0 aliphatic rings. The van der Waals surface area contributed by atoms with Crippen LogP contribution in [0.5, 0.6) is 0 Å². The first kappa shape index (κ1) is 13.5. The Bertz CT molecular complexity index is 412. The molecule has 0 fully saturated rings. The molecule has 0 aromatic heterocycles. The number of carbonyl (C=O) groups excluding carboxylic acids is 1. The van der Waals surface area contributed by atoms with Gasteiger partial charge in [0.2, 0.25) is 6.17 Å². The molecule has 17 heavy (non-hydrogen) atoms. The van der Waals surface area contributed by atoms with Gasteiger partial charge in [0.05, 0.1) is 12.6 Å². The summed E-state index contributed by atoms with van der Waals surface area (Å²) in [5.74, 6) is -2.96. The van der Waals surface area contributed by atoms with Crippen molar-refractivity contribution < 1.29 is 22.7 Å². The van der Waals surface area contributed by atoms with Gasteiger partial charge in [-0.05, 0) is 13.0 Å². The van der Waals surface area contributed by atoms with E-state index in [1.54, 1.807) is 0 Å². The summed E-state index contributed by atoms with van der Waals surface area (Å²) in [6.45, 7) is 1.51. The number of hydrogen-bond acceptors (Lipinski definition) is 3. The lowest BCUT2D eigenvalue weighted by atomic mass is 10.0. The number of hydrogen-bond donors (Lipinski definition) is 1. The fraction of sp³-hybridized carbons (Fsp3) is 0.364. The van der Waals surface area contributed by atoms with Crippen LogP contribution in [0.1, 0.15) is 18.5 Å². The minimum Gasteiger partial charge on any atom is -0.464 e. The summed E-state index contributed by atoms with van der Waals surface area (Å²) in [6.07, 6.45) is -2.19. The molecule has 0 amide bonds. The van der Waals surface area contributed by atoms with Crippen LogP contribution >= 0.6 is 0 Å². The molecule has 94 valence electrons. The van der Waals surface area contributed by atoms with Crippen molar-refractivity contribution in [2.45, 2.75) is 19.1 Å². The number of rotatable bonds is 4. The molecule has 3 nitrogen and oxygen atoms in total. The van der Waals surface area contributed by atoms with Crippen LogP contribution in [0.3, 0.4) is 0 Å². The number of nitrogens with two attached hydrogens (primary N) is 1. The van der Waals surface area contributed by atoms with Crippen LogP contribution in [-0.2, 0) is 9.53 Å². The molecular weight excluding hydrogens is 235 g/mol. The number of carbonyl (C=O) groups is 1. The molecule has 2 N–H and O–H groups in total. The van der Waals surface area contributed by atoms with Crippen molar-refractivity contribution in [3.8, 4) is 0 Å². The SMILES string of the molecule is CCOC(=O)C(F)[C@H](N)c1ccc(F)cc1F. The quantitative estimate of drug-likeness (QED) is 0.826. The van der Waals surface area contributed by atoms with E-state index >= 15 is 0 Å². The smallest absolute Gasteiger partial charge is 0.342 e. The van der Waals surface area contributed by atoms with Gasteiger partial charge in [-0.1, -0.05) is 6.07 Å². The van der Waals surface area contributed by atoms with Gasteiger partial charge in [0.15, 0.2) is 0 Å². The van der Waals surface area contributed by atoms with E-state index in [0.29, 0.717) is 6.07 Å². The molecule has 0 saturated heterocycles. The first-order valence-corrected chi connectivity index (χ1v) is 4.98. The van der Waals surface area contributed by atoms with Crippen LogP contribution in [0.2, 0.25) is 0 Å². The van der Waals surface area contributed by atoms with Crippen LogP contribution in [-0.4, -0.2) is 18.7 Å². The molecule has 1 rings (SSSR count). The van der Waals surface area contributed by atoms with Crippen molar-refractivity contribution in [3.63, 3.8) is 0 Å². The van der Waals surface area contributed by atoms with E-state index in [0.717, 1.165) is 12.1 Å². The zero-order chi connectivity index (χ0) is 13.0. The summed E-state index contributed by atoms with van der Waals surface area (Å²) in [5.41, 5.74) is 5.11. The lowest BCUT2D eigenvalue weighted by molar-refractivity contribution is -0.149. The minimum atomic E-state index is -2.19. The molecule has 0 spiro atoms. The second-order valence-electron chi connectivity index (χ2n) is 3.35. The predicted octanol–water partition coefficient (Wildman–Crippen LogP) is 1.87. The Kier molecular flexibility index (Phi) is 4.51. The number of esters is 1. The summed E-state index contributed by atoms with van der Waals surface area (Å²) in [6, 6.07) is 0.999. The lowest BCUT2D eigenvalue weighted by Gasteiger charge is -2.16. The van der Waals surface area contributed by atoms with Crippen LogP contribution in [0, 0.1) is 11.6 Å². The van der Waals surface area contributed by atoms with E-state index < -0.39 is 29.8 Å². The fourth-order valence-electron chi connectivity index (χ4n) is 1.30. The lowest BCUT2D eigenvalue weighted by Crippen LogP contribution is -2.32. The third-order valence-electron chi connectivity index (χ3n) is 2.15. The molecule has 0 aliphatic heterocycles. The Morgan fingerprint density at radius 2 is 2.12 bits per heavy atom. The summed E-state index contributed by atoms with van der Waals surface area (Å²) in [5, 5.41) is 0.